The van der Waals surface area contributed by atoms with E-state index in [1.54, 1.807) is 0 Å². The van der Waals surface area contributed by atoms with Gasteiger partial charge in [-0.2, -0.15) is 0 Å². The van der Waals surface area contributed by atoms with Gasteiger partial charge in [-0.05, 0) is 60.8 Å². The number of aromatic nitrogens is 1. The van der Waals surface area contributed by atoms with Crippen molar-refractivity contribution in [3.63, 3.8) is 0 Å². The molecule has 27 heavy (non-hydrogen) atoms. The lowest BCUT2D eigenvalue weighted by atomic mass is 10.0. The summed E-state index contributed by atoms with van der Waals surface area (Å²) in [6, 6.07) is 9.96. The Labute approximate surface area is 164 Å². The van der Waals surface area contributed by atoms with Gasteiger partial charge in [0.1, 0.15) is 5.82 Å². The third kappa shape index (κ3) is 4.42. The molecule has 0 aliphatic carbocycles. The minimum absolute atomic E-state index is 0.283. The number of piperidine rings is 1. The molecule has 2 aliphatic rings. The van der Waals surface area contributed by atoms with E-state index in [0.29, 0.717) is 11.7 Å². The van der Waals surface area contributed by atoms with Gasteiger partial charge in [0.15, 0.2) is 16.6 Å². The Balaban J connectivity index is 1.29. The van der Waals surface area contributed by atoms with Gasteiger partial charge in [0.25, 0.3) is 0 Å². The SMILES string of the molecule is C[C@H]1CCCN(c2ccc(NC(=S)NCc3ccc4c(c3)OCO4)cn2)C1. The average molecular weight is 385 g/mol. The van der Waals surface area contributed by atoms with Crippen molar-refractivity contribution in [3.8, 4) is 11.5 Å². The molecule has 2 aliphatic heterocycles. The van der Waals surface area contributed by atoms with Crippen molar-refractivity contribution in [1.82, 2.24) is 10.3 Å². The highest BCUT2D eigenvalue weighted by Crippen LogP contribution is 2.32. The molecule has 0 saturated carbocycles. The maximum atomic E-state index is 5.40. The molecule has 1 aromatic heterocycles. The van der Waals surface area contributed by atoms with Crippen LogP contribution in [0.5, 0.6) is 11.5 Å². The largest absolute Gasteiger partial charge is 0.454 e. The molecule has 1 aromatic carbocycles. The summed E-state index contributed by atoms with van der Waals surface area (Å²) in [5.74, 6) is 3.33. The van der Waals surface area contributed by atoms with Crippen molar-refractivity contribution in [2.45, 2.75) is 26.3 Å². The van der Waals surface area contributed by atoms with Crippen LogP contribution in [0, 0.1) is 5.92 Å². The van der Waals surface area contributed by atoms with Crippen molar-refractivity contribution in [3.05, 3.63) is 42.1 Å². The summed E-state index contributed by atoms with van der Waals surface area (Å²) in [7, 11) is 0. The summed E-state index contributed by atoms with van der Waals surface area (Å²) in [5, 5.41) is 6.96. The number of thiocarbonyl (C=S) groups is 1. The van der Waals surface area contributed by atoms with Crippen LogP contribution >= 0.6 is 12.2 Å². The van der Waals surface area contributed by atoms with Crippen molar-refractivity contribution < 1.29 is 9.47 Å². The van der Waals surface area contributed by atoms with E-state index in [9.17, 15) is 0 Å². The van der Waals surface area contributed by atoms with Crippen LogP contribution in [-0.4, -0.2) is 30.0 Å². The number of ether oxygens (including phenoxy) is 2. The maximum absolute atomic E-state index is 5.40. The van der Waals surface area contributed by atoms with Gasteiger partial charge in [0.2, 0.25) is 6.79 Å². The fourth-order valence-electron chi connectivity index (χ4n) is 3.45. The molecule has 0 bridgehead atoms. The normalized spacial score (nSPS) is 18.3. The summed E-state index contributed by atoms with van der Waals surface area (Å²) >= 11 is 5.39. The predicted molar refractivity (Wildman–Crippen MR) is 110 cm³/mol. The van der Waals surface area contributed by atoms with Crippen LogP contribution in [0.4, 0.5) is 11.5 Å². The van der Waals surface area contributed by atoms with Gasteiger partial charge in [-0.25, -0.2) is 4.98 Å². The zero-order valence-electron chi connectivity index (χ0n) is 15.4. The molecular formula is C20H24N4O2S. The fraction of sp³-hybridized carbons (Fsp3) is 0.400. The zero-order chi connectivity index (χ0) is 18.6. The van der Waals surface area contributed by atoms with Gasteiger partial charge < -0.3 is 25.0 Å². The van der Waals surface area contributed by atoms with E-state index in [0.717, 1.165) is 47.6 Å². The van der Waals surface area contributed by atoms with E-state index in [1.807, 2.05) is 30.5 Å². The van der Waals surface area contributed by atoms with E-state index in [4.69, 9.17) is 21.7 Å². The van der Waals surface area contributed by atoms with Gasteiger partial charge in [0.05, 0.1) is 11.9 Å². The third-order valence-corrected chi connectivity index (χ3v) is 5.12. The molecule has 2 aromatic rings. The molecule has 142 valence electrons. The number of anilines is 2. The summed E-state index contributed by atoms with van der Waals surface area (Å²) in [5.41, 5.74) is 1.96. The number of nitrogens with zero attached hydrogens (tertiary/aromatic N) is 2. The Morgan fingerprint density at radius 1 is 1.26 bits per heavy atom. The Bertz CT molecular complexity index is 812. The van der Waals surface area contributed by atoms with Crippen molar-refractivity contribution in [2.24, 2.45) is 5.92 Å². The summed E-state index contributed by atoms with van der Waals surface area (Å²) in [6.45, 7) is 5.35. The van der Waals surface area contributed by atoms with Crippen LogP contribution in [0.2, 0.25) is 0 Å². The molecule has 6 nitrogen and oxygen atoms in total. The van der Waals surface area contributed by atoms with E-state index in [1.165, 1.54) is 12.8 Å². The first-order chi connectivity index (χ1) is 13.2. The lowest BCUT2D eigenvalue weighted by Crippen LogP contribution is -2.34. The molecule has 2 N–H and O–H groups in total. The Kier molecular flexibility index (Phi) is 5.29. The highest BCUT2D eigenvalue weighted by molar-refractivity contribution is 7.80. The van der Waals surface area contributed by atoms with Crippen molar-refractivity contribution in [1.29, 1.82) is 0 Å². The second kappa shape index (κ2) is 8.00. The number of benzene rings is 1. The molecule has 0 unspecified atom stereocenters. The average Bonchev–Trinajstić information content (AvgIpc) is 3.15. The fourth-order valence-corrected chi connectivity index (χ4v) is 3.64. The third-order valence-electron chi connectivity index (χ3n) is 4.88. The zero-order valence-corrected chi connectivity index (χ0v) is 16.2. The topological polar surface area (TPSA) is 58.7 Å². The first-order valence-corrected chi connectivity index (χ1v) is 9.72. The number of hydrogen-bond acceptors (Lipinski definition) is 5. The van der Waals surface area contributed by atoms with Crippen LogP contribution in [-0.2, 0) is 6.54 Å². The quantitative estimate of drug-likeness (QED) is 0.782. The van der Waals surface area contributed by atoms with Crippen LogP contribution < -0.4 is 25.0 Å². The molecule has 1 saturated heterocycles. The van der Waals surface area contributed by atoms with E-state index >= 15 is 0 Å². The molecule has 3 heterocycles. The Morgan fingerprint density at radius 3 is 2.96 bits per heavy atom. The Hall–Kier alpha value is -2.54. The summed E-state index contributed by atoms with van der Waals surface area (Å²) in [4.78, 5) is 6.95. The minimum Gasteiger partial charge on any atom is -0.454 e. The predicted octanol–water partition coefficient (Wildman–Crippen LogP) is 3.53. The number of hydrogen-bond donors (Lipinski definition) is 2. The lowest BCUT2D eigenvalue weighted by molar-refractivity contribution is 0.174. The number of pyridine rings is 1. The second-order valence-corrected chi connectivity index (χ2v) is 7.50. The monoisotopic (exact) mass is 384 g/mol. The van der Waals surface area contributed by atoms with Gasteiger partial charge in [-0.3, -0.25) is 0 Å². The van der Waals surface area contributed by atoms with E-state index < -0.39 is 0 Å². The highest BCUT2D eigenvalue weighted by Gasteiger charge is 2.17. The molecule has 1 atom stereocenters. The van der Waals surface area contributed by atoms with Crippen molar-refractivity contribution >= 4 is 28.8 Å². The van der Waals surface area contributed by atoms with Crippen LogP contribution in [0.15, 0.2) is 36.5 Å². The van der Waals surface area contributed by atoms with E-state index in [2.05, 4.69) is 33.5 Å². The van der Waals surface area contributed by atoms with Gasteiger partial charge in [-0.1, -0.05) is 13.0 Å². The number of nitrogens with one attached hydrogen (secondary N) is 2. The minimum atomic E-state index is 0.283. The molecule has 1 fully saturated rings. The summed E-state index contributed by atoms with van der Waals surface area (Å²) in [6.07, 6.45) is 4.37. The van der Waals surface area contributed by atoms with Crippen molar-refractivity contribution in [2.75, 3.05) is 30.1 Å². The molecule has 0 radical (unpaired) electrons. The lowest BCUT2D eigenvalue weighted by Gasteiger charge is -2.31. The van der Waals surface area contributed by atoms with Gasteiger partial charge in [-0.15, -0.1) is 0 Å². The van der Waals surface area contributed by atoms with Gasteiger partial charge in [0, 0.05) is 19.6 Å². The molecule has 0 amide bonds. The maximum Gasteiger partial charge on any atom is 0.231 e. The molecule has 0 spiro atoms. The van der Waals surface area contributed by atoms with Crippen LogP contribution in [0.3, 0.4) is 0 Å². The second-order valence-electron chi connectivity index (χ2n) is 7.09. The smallest absolute Gasteiger partial charge is 0.231 e. The first-order valence-electron chi connectivity index (χ1n) is 9.32. The summed E-state index contributed by atoms with van der Waals surface area (Å²) < 4.78 is 10.7. The van der Waals surface area contributed by atoms with Crippen LogP contribution in [0.25, 0.3) is 0 Å². The molecular weight excluding hydrogens is 360 g/mol. The van der Waals surface area contributed by atoms with E-state index in [-0.39, 0.29) is 6.79 Å². The Morgan fingerprint density at radius 2 is 2.15 bits per heavy atom. The number of rotatable bonds is 4. The number of fused-ring (bicyclic) bond motifs is 1. The van der Waals surface area contributed by atoms with Crippen LogP contribution in [0.1, 0.15) is 25.3 Å². The van der Waals surface area contributed by atoms with Gasteiger partial charge >= 0.3 is 0 Å². The first kappa shape index (κ1) is 17.9. The molecule has 4 rings (SSSR count). The standard InChI is InChI=1S/C20H24N4O2S/c1-14-3-2-8-24(12-14)19-7-5-16(11-21-19)23-20(27)22-10-15-4-6-17-18(9-15)26-13-25-17/h4-7,9,11,14H,2-3,8,10,12-13H2,1H3,(H2,22,23,27)/t14-/m0/s1. The highest BCUT2D eigenvalue weighted by atomic mass is 32.1. The molecule has 7 heteroatoms.